The molecule has 3 aromatic rings. The number of carbonyl (C=O) groups excluding carboxylic acids is 1. The van der Waals surface area contributed by atoms with E-state index < -0.39 is 6.10 Å². The first-order valence-electron chi connectivity index (χ1n) is 7.63. The standard InChI is InChI=1S/C19H15N3O2S/c1-13(24-17-8-2-14(12-20)3-9-17)18(23)22-16-6-4-15(5-7-16)19-21-10-11-25-19/h2-11,13H,1H3,(H,22,23)/t13-/m0/s1. The molecule has 0 fully saturated rings. The number of nitriles is 1. The fourth-order valence-corrected chi connectivity index (χ4v) is 2.82. The van der Waals surface area contributed by atoms with Gasteiger partial charge in [-0.05, 0) is 55.5 Å². The highest BCUT2D eigenvalue weighted by molar-refractivity contribution is 7.13. The summed E-state index contributed by atoms with van der Waals surface area (Å²) in [4.78, 5) is 16.5. The predicted molar refractivity (Wildman–Crippen MR) is 97.4 cm³/mol. The van der Waals surface area contributed by atoms with Crippen molar-refractivity contribution in [3.63, 3.8) is 0 Å². The molecule has 0 saturated heterocycles. The van der Waals surface area contributed by atoms with Crippen molar-refractivity contribution in [3.8, 4) is 22.4 Å². The summed E-state index contributed by atoms with van der Waals surface area (Å²) < 4.78 is 5.60. The first kappa shape index (κ1) is 16.7. The Morgan fingerprint density at radius 1 is 1.20 bits per heavy atom. The van der Waals surface area contributed by atoms with Gasteiger partial charge in [0.2, 0.25) is 0 Å². The number of ether oxygens (including phenoxy) is 1. The van der Waals surface area contributed by atoms with E-state index in [-0.39, 0.29) is 5.91 Å². The van der Waals surface area contributed by atoms with E-state index >= 15 is 0 Å². The highest BCUT2D eigenvalue weighted by Crippen LogP contribution is 2.23. The third kappa shape index (κ3) is 4.22. The van der Waals surface area contributed by atoms with Crippen LogP contribution in [0.5, 0.6) is 5.75 Å². The van der Waals surface area contributed by atoms with Gasteiger partial charge in [0.05, 0.1) is 11.6 Å². The number of thiazole rings is 1. The zero-order chi connectivity index (χ0) is 17.6. The molecule has 6 heteroatoms. The summed E-state index contributed by atoms with van der Waals surface area (Å²) in [6.07, 6.45) is 1.10. The van der Waals surface area contributed by atoms with Crippen LogP contribution in [0.4, 0.5) is 5.69 Å². The third-order valence-electron chi connectivity index (χ3n) is 3.50. The average molecular weight is 349 g/mol. The molecule has 1 atom stereocenters. The van der Waals surface area contributed by atoms with Gasteiger partial charge in [-0.15, -0.1) is 11.3 Å². The molecule has 1 amide bonds. The zero-order valence-corrected chi connectivity index (χ0v) is 14.3. The SMILES string of the molecule is C[C@H](Oc1ccc(C#N)cc1)C(=O)Nc1ccc(-c2nccs2)cc1. The normalized spacial score (nSPS) is 11.4. The second-order valence-electron chi connectivity index (χ2n) is 5.30. The third-order valence-corrected chi connectivity index (χ3v) is 4.32. The van der Waals surface area contributed by atoms with Crippen molar-refractivity contribution in [1.29, 1.82) is 5.26 Å². The molecule has 0 saturated carbocycles. The Kier molecular flexibility index (Phi) is 5.07. The van der Waals surface area contributed by atoms with Gasteiger partial charge in [0.15, 0.2) is 6.10 Å². The molecule has 3 rings (SSSR count). The summed E-state index contributed by atoms with van der Waals surface area (Å²) in [5.41, 5.74) is 2.25. The van der Waals surface area contributed by atoms with Crippen LogP contribution in [-0.2, 0) is 4.79 Å². The van der Waals surface area contributed by atoms with E-state index in [0.717, 1.165) is 10.6 Å². The summed E-state index contributed by atoms with van der Waals surface area (Å²) >= 11 is 1.57. The molecule has 0 radical (unpaired) electrons. The van der Waals surface area contributed by atoms with Crippen LogP contribution in [0.1, 0.15) is 12.5 Å². The monoisotopic (exact) mass is 349 g/mol. The minimum absolute atomic E-state index is 0.244. The van der Waals surface area contributed by atoms with Gasteiger partial charge < -0.3 is 10.1 Å². The molecule has 0 unspecified atom stereocenters. The Labute approximate surface area is 149 Å². The van der Waals surface area contributed by atoms with Crippen molar-refractivity contribution in [3.05, 3.63) is 65.7 Å². The van der Waals surface area contributed by atoms with Crippen molar-refractivity contribution < 1.29 is 9.53 Å². The van der Waals surface area contributed by atoms with Crippen LogP contribution in [0.15, 0.2) is 60.1 Å². The number of nitrogens with one attached hydrogen (secondary N) is 1. The molecule has 0 aliphatic rings. The molecule has 0 aliphatic heterocycles. The molecule has 0 aliphatic carbocycles. The van der Waals surface area contributed by atoms with Crippen LogP contribution < -0.4 is 10.1 Å². The number of hydrogen-bond donors (Lipinski definition) is 1. The molecule has 5 nitrogen and oxygen atoms in total. The summed E-state index contributed by atoms with van der Waals surface area (Å²) in [5, 5.41) is 14.5. The van der Waals surface area contributed by atoms with Gasteiger partial charge in [0.1, 0.15) is 10.8 Å². The molecule has 1 N–H and O–H groups in total. The van der Waals surface area contributed by atoms with Crippen LogP contribution in [0.25, 0.3) is 10.6 Å². The molecule has 124 valence electrons. The fraction of sp³-hybridized carbons (Fsp3) is 0.105. The van der Waals surface area contributed by atoms with Crippen LogP contribution >= 0.6 is 11.3 Å². The van der Waals surface area contributed by atoms with Crippen molar-refractivity contribution in [1.82, 2.24) is 4.98 Å². The van der Waals surface area contributed by atoms with Crippen molar-refractivity contribution in [2.45, 2.75) is 13.0 Å². The predicted octanol–water partition coefficient (Wildman–Crippen LogP) is 4.09. The number of hydrogen-bond acceptors (Lipinski definition) is 5. The van der Waals surface area contributed by atoms with E-state index in [4.69, 9.17) is 10.00 Å². The largest absolute Gasteiger partial charge is 0.481 e. The Morgan fingerprint density at radius 3 is 2.52 bits per heavy atom. The first-order valence-corrected chi connectivity index (χ1v) is 8.51. The number of carbonyl (C=O) groups is 1. The maximum absolute atomic E-state index is 12.3. The van der Waals surface area contributed by atoms with Gasteiger partial charge in [-0.2, -0.15) is 5.26 Å². The lowest BCUT2D eigenvalue weighted by atomic mass is 10.2. The van der Waals surface area contributed by atoms with E-state index in [1.807, 2.05) is 35.7 Å². The highest BCUT2D eigenvalue weighted by atomic mass is 32.1. The van der Waals surface area contributed by atoms with E-state index in [1.54, 1.807) is 48.7 Å². The van der Waals surface area contributed by atoms with Gasteiger partial charge in [-0.25, -0.2) is 4.98 Å². The van der Waals surface area contributed by atoms with Gasteiger partial charge in [-0.3, -0.25) is 4.79 Å². The van der Waals surface area contributed by atoms with Gasteiger partial charge in [0, 0.05) is 22.8 Å². The van der Waals surface area contributed by atoms with Crippen molar-refractivity contribution in [2.24, 2.45) is 0 Å². The Hall–Kier alpha value is -3.17. The fourth-order valence-electron chi connectivity index (χ4n) is 2.17. The maximum Gasteiger partial charge on any atom is 0.265 e. The average Bonchev–Trinajstić information content (AvgIpc) is 3.17. The number of nitrogens with zero attached hydrogens (tertiary/aromatic N) is 2. The highest BCUT2D eigenvalue weighted by Gasteiger charge is 2.15. The molecule has 25 heavy (non-hydrogen) atoms. The summed E-state index contributed by atoms with van der Waals surface area (Å²) in [7, 11) is 0. The topological polar surface area (TPSA) is 75.0 Å². The second-order valence-corrected chi connectivity index (χ2v) is 6.19. The van der Waals surface area contributed by atoms with Gasteiger partial charge in [-0.1, -0.05) is 0 Å². The van der Waals surface area contributed by atoms with E-state index in [0.29, 0.717) is 17.0 Å². The molecule has 2 aromatic carbocycles. The molecule has 0 bridgehead atoms. The second kappa shape index (κ2) is 7.60. The maximum atomic E-state index is 12.3. The summed E-state index contributed by atoms with van der Waals surface area (Å²) in [6.45, 7) is 1.68. The number of aromatic nitrogens is 1. The van der Waals surface area contributed by atoms with E-state index in [9.17, 15) is 4.79 Å². The number of benzene rings is 2. The van der Waals surface area contributed by atoms with Crippen LogP contribution in [0.2, 0.25) is 0 Å². The zero-order valence-electron chi connectivity index (χ0n) is 13.5. The smallest absolute Gasteiger partial charge is 0.265 e. The van der Waals surface area contributed by atoms with Crippen LogP contribution in [0.3, 0.4) is 0 Å². The minimum Gasteiger partial charge on any atom is -0.481 e. The summed E-state index contributed by atoms with van der Waals surface area (Å²) in [5.74, 6) is 0.298. The lowest BCUT2D eigenvalue weighted by molar-refractivity contribution is -0.122. The van der Waals surface area contributed by atoms with Crippen molar-refractivity contribution >= 4 is 22.9 Å². The number of rotatable bonds is 5. The van der Waals surface area contributed by atoms with E-state index in [2.05, 4.69) is 10.3 Å². The van der Waals surface area contributed by atoms with Crippen LogP contribution in [-0.4, -0.2) is 17.0 Å². The molecule has 1 heterocycles. The number of anilines is 1. The quantitative estimate of drug-likeness (QED) is 0.753. The minimum atomic E-state index is -0.661. The molecular weight excluding hydrogens is 334 g/mol. The Morgan fingerprint density at radius 2 is 1.92 bits per heavy atom. The Balaban J connectivity index is 1.60. The lowest BCUT2D eigenvalue weighted by Gasteiger charge is -2.15. The first-order chi connectivity index (χ1) is 12.2. The molecular formula is C19H15N3O2S. The van der Waals surface area contributed by atoms with Gasteiger partial charge >= 0.3 is 0 Å². The van der Waals surface area contributed by atoms with Crippen molar-refractivity contribution in [2.75, 3.05) is 5.32 Å². The van der Waals surface area contributed by atoms with Gasteiger partial charge in [0.25, 0.3) is 5.91 Å². The van der Waals surface area contributed by atoms with Crippen LogP contribution in [0, 0.1) is 11.3 Å². The summed E-state index contributed by atoms with van der Waals surface area (Å²) in [6, 6.07) is 16.2. The number of amides is 1. The molecule has 1 aromatic heterocycles. The lowest BCUT2D eigenvalue weighted by Crippen LogP contribution is -2.30. The van der Waals surface area contributed by atoms with E-state index in [1.165, 1.54) is 0 Å². The molecule has 0 spiro atoms. The Bertz CT molecular complexity index is 882.